The number of nitrogens with zero attached hydrogens (tertiary/aromatic N) is 2. The minimum Gasteiger partial charge on any atom is -0.207 e. The molecule has 1 fully saturated rings. The summed E-state index contributed by atoms with van der Waals surface area (Å²) >= 11 is 3.22. The third-order valence-corrected chi connectivity index (χ3v) is 8.37. The van der Waals surface area contributed by atoms with Gasteiger partial charge in [0.2, 0.25) is 20.0 Å². The largest absolute Gasteiger partial charge is 0.243 e. The maximum Gasteiger partial charge on any atom is 0.243 e. The zero-order valence-electron chi connectivity index (χ0n) is 13.8. The van der Waals surface area contributed by atoms with Crippen molar-refractivity contribution in [3.05, 3.63) is 58.6 Å². The zero-order valence-corrected chi connectivity index (χ0v) is 17.1. The maximum absolute atomic E-state index is 13.3. The van der Waals surface area contributed by atoms with Crippen LogP contribution in [-0.2, 0) is 20.0 Å². The predicted molar refractivity (Wildman–Crippen MR) is 98.0 cm³/mol. The van der Waals surface area contributed by atoms with Crippen molar-refractivity contribution in [3.8, 4) is 0 Å². The van der Waals surface area contributed by atoms with E-state index in [1.54, 1.807) is 12.1 Å². The van der Waals surface area contributed by atoms with E-state index in [9.17, 15) is 25.6 Å². The second kappa shape index (κ2) is 7.55. The molecule has 3 rings (SSSR count). The molecule has 11 heteroatoms. The second-order valence-electron chi connectivity index (χ2n) is 5.87. The highest BCUT2D eigenvalue weighted by atomic mass is 79.9. The molecule has 1 saturated heterocycles. The summed E-state index contributed by atoms with van der Waals surface area (Å²) in [4.78, 5) is -0.399. The van der Waals surface area contributed by atoms with Gasteiger partial charge in [0, 0.05) is 36.7 Å². The maximum atomic E-state index is 13.3. The molecule has 0 amide bonds. The van der Waals surface area contributed by atoms with Crippen LogP contribution < -0.4 is 0 Å². The average molecular weight is 481 g/mol. The Balaban J connectivity index is 1.78. The molecule has 146 valence electrons. The molecule has 0 radical (unpaired) electrons. The molecule has 27 heavy (non-hydrogen) atoms. The van der Waals surface area contributed by atoms with E-state index in [1.165, 1.54) is 16.4 Å². The van der Waals surface area contributed by atoms with Gasteiger partial charge in [0.05, 0.1) is 9.79 Å². The van der Waals surface area contributed by atoms with Gasteiger partial charge >= 0.3 is 0 Å². The fourth-order valence-corrected chi connectivity index (χ4v) is 6.24. The Morgan fingerprint density at radius 3 is 1.70 bits per heavy atom. The third-order valence-electron chi connectivity index (χ3n) is 4.11. The molecular formula is C16H15BrF2N2O4S2. The van der Waals surface area contributed by atoms with Gasteiger partial charge < -0.3 is 0 Å². The molecule has 0 aliphatic carbocycles. The van der Waals surface area contributed by atoms with E-state index in [-0.39, 0.29) is 31.1 Å². The molecule has 0 spiro atoms. The molecule has 0 saturated carbocycles. The molecule has 0 atom stereocenters. The van der Waals surface area contributed by atoms with E-state index < -0.39 is 36.6 Å². The first-order valence-electron chi connectivity index (χ1n) is 7.83. The second-order valence-corrected chi connectivity index (χ2v) is 10.7. The van der Waals surface area contributed by atoms with E-state index in [0.717, 1.165) is 16.4 Å². The highest BCUT2D eigenvalue weighted by Crippen LogP contribution is 2.24. The Morgan fingerprint density at radius 2 is 1.22 bits per heavy atom. The monoisotopic (exact) mass is 480 g/mol. The number of hydrogen-bond donors (Lipinski definition) is 0. The lowest BCUT2D eigenvalue weighted by atomic mass is 10.3. The lowest BCUT2D eigenvalue weighted by Crippen LogP contribution is -2.50. The summed E-state index contributed by atoms with van der Waals surface area (Å²) in [5.74, 6) is -1.99. The van der Waals surface area contributed by atoms with Crippen molar-refractivity contribution < 1.29 is 25.6 Å². The molecule has 0 N–H and O–H groups in total. The number of hydrogen-bond acceptors (Lipinski definition) is 4. The number of sulfonamides is 2. The predicted octanol–water partition coefficient (Wildman–Crippen LogP) is 2.42. The molecule has 2 aromatic carbocycles. The van der Waals surface area contributed by atoms with Crippen molar-refractivity contribution >= 4 is 36.0 Å². The Kier molecular flexibility index (Phi) is 5.69. The first kappa shape index (κ1) is 20.3. The van der Waals surface area contributed by atoms with Crippen LogP contribution in [0.25, 0.3) is 0 Å². The fraction of sp³-hybridized carbons (Fsp3) is 0.250. The molecule has 2 aromatic rings. The van der Waals surface area contributed by atoms with Crippen LogP contribution in [0.2, 0.25) is 0 Å². The molecule has 1 aliphatic rings. The van der Waals surface area contributed by atoms with Crippen molar-refractivity contribution in [2.45, 2.75) is 9.79 Å². The van der Waals surface area contributed by atoms with E-state index >= 15 is 0 Å². The van der Waals surface area contributed by atoms with Crippen molar-refractivity contribution in [2.24, 2.45) is 0 Å². The summed E-state index contributed by atoms with van der Waals surface area (Å²) in [6, 6.07) is 8.28. The number of benzene rings is 2. The third kappa shape index (κ3) is 4.21. The lowest BCUT2D eigenvalue weighted by molar-refractivity contribution is 0.272. The fourth-order valence-electron chi connectivity index (χ4n) is 2.75. The van der Waals surface area contributed by atoms with E-state index in [4.69, 9.17) is 0 Å². The minimum atomic E-state index is -4.12. The van der Waals surface area contributed by atoms with Gasteiger partial charge in [-0.3, -0.25) is 0 Å². The number of halogens is 3. The summed E-state index contributed by atoms with van der Waals surface area (Å²) < 4.78 is 80.1. The summed E-state index contributed by atoms with van der Waals surface area (Å²) in [5.41, 5.74) is 0. The Hall–Kier alpha value is -1.40. The van der Waals surface area contributed by atoms with Gasteiger partial charge in [-0.25, -0.2) is 25.6 Å². The molecule has 0 bridgehead atoms. The lowest BCUT2D eigenvalue weighted by Gasteiger charge is -2.33. The first-order valence-corrected chi connectivity index (χ1v) is 11.5. The van der Waals surface area contributed by atoms with Gasteiger partial charge in [0.25, 0.3) is 0 Å². The molecular weight excluding hydrogens is 466 g/mol. The zero-order chi connectivity index (χ0) is 19.8. The van der Waals surface area contributed by atoms with Crippen LogP contribution in [0.5, 0.6) is 0 Å². The van der Waals surface area contributed by atoms with Crippen molar-refractivity contribution in [3.63, 3.8) is 0 Å². The van der Waals surface area contributed by atoms with Crippen molar-refractivity contribution in [1.29, 1.82) is 0 Å². The standard InChI is InChI=1S/C16H15BrF2N2O4S2/c17-12-2-1-3-15(8-12)26(22,23)20-4-6-21(7-5-20)27(24,25)16-10-13(18)9-14(19)11-16/h1-3,8-11H,4-7H2. The number of piperazine rings is 1. The van der Waals surface area contributed by atoms with Crippen molar-refractivity contribution in [1.82, 2.24) is 8.61 Å². The first-order chi connectivity index (χ1) is 12.6. The normalized spacial score (nSPS) is 17.1. The van der Waals surface area contributed by atoms with Gasteiger partial charge in [-0.15, -0.1) is 0 Å². The average Bonchev–Trinajstić information content (AvgIpc) is 2.61. The molecule has 0 unspecified atom stereocenters. The van der Waals surface area contributed by atoms with Gasteiger partial charge in [0.1, 0.15) is 11.6 Å². The number of rotatable bonds is 4. The Bertz CT molecular complexity index is 1050. The molecule has 0 aromatic heterocycles. The van der Waals surface area contributed by atoms with E-state index in [2.05, 4.69) is 15.9 Å². The van der Waals surface area contributed by atoms with Crippen molar-refractivity contribution in [2.75, 3.05) is 26.2 Å². The van der Waals surface area contributed by atoms with Crippen LogP contribution in [0.4, 0.5) is 8.78 Å². The summed E-state index contributed by atoms with van der Waals surface area (Å²) in [7, 11) is -7.89. The van der Waals surface area contributed by atoms with Crippen LogP contribution in [0.3, 0.4) is 0 Å². The van der Waals surface area contributed by atoms with E-state index in [0.29, 0.717) is 10.5 Å². The van der Waals surface area contributed by atoms with Crippen LogP contribution in [0.15, 0.2) is 56.7 Å². The summed E-state index contributed by atoms with van der Waals surface area (Å²) in [6.45, 7) is -0.362. The minimum absolute atomic E-state index is 0.0636. The Labute approximate surface area is 164 Å². The summed E-state index contributed by atoms with van der Waals surface area (Å²) in [5, 5.41) is 0. The topological polar surface area (TPSA) is 74.8 Å². The van der Waals surface area contributed by atoms with Gasteiger partial charge in [-0.2, -0.15) is 8.61 Å². The van der Waals surface area contributed by atoms with Crippen LogP contribution >= 0.6 is 15.9 Å². The summed E-state index contributed by atoms with van der Waals surface area (Å²) in [6.07, 6.45) is 0. The quantitative estimate of drug-likeness (QED) is 0.673. The SMILES string of the molecule is O=S(=O)(c1cc(F)cc(F)c1)N1CCN(S(=O)(=O)c2cccc(Br)c2)CC1. The molecule has 6 nitrogen and oxygen atoms in total. The smallest absolute Gasteiger partial charge is 0.207 e. The van der Waals surface area contributed by atoms with E-state index in [1.807, 2.05) is 0 Å². The molecule has 1 heterocycles. The van der Waals surface area contributed by atoms with Crippen LogP contribution in [0, 0.1) is 11.6 Å². The van der Waals surface area contributed by atoms with Gasteiger partial charge in [-0.05, 0) is 30.3 Å². The van der Waals surface area contributed by atoms with Crippen LogP contribution in [0.1, 0.15) is 0 Å². The molecule has 1 aliphatic heterocycles. The highest BCUT2D eigenvalue weighted by molar-refractivity contribution is 9.10. The highest BCUT2D eigenvalue weighted by Gasteiger charge is 2.34. The van der Waals surface area contributed by atoms with Gasteiger partial charge in [-0.1, -0.05) is 22.0 Å². The van der Waals surface area contributed by atoms with Gasteiger partial charge in [0.15, 0.2) is 0 Å². The van der Waals surface area contributed by atoms with Crippen LogP contribution in [-0.4, -0.2) is 51.6 Å². The Morgan fingerprint density at radius 1 is 0.741 bits per heavy atom.